The summed E-state index contributed by atoms with van der Waals surface area (Å²) in [6, 6.07) is 17.3. The summed E-state index contributed by atoms with van der Waals surface area (Å²) in [7, 11) is 0. The first-order valence-corrected chi connectivity index (χ1v) is 10.8. The van der Waals surface area contributed by atoms with Crippen molar-refractivity contribution in [3.63, 3.8) is 0 Å². The molecule has 0 saturated heterocycles. The molecule has 3 aromatic carbocycles. The Morgan fingerprint density at radius 1 is 0.882 bits per heavy atom. The molecule has 0 aliphatic rings. The third-order valence-electron chi connectivity index (χ3n) is 4.22. The van der Waals surface area contributed by atoms with Crippen LogP contribution in [0.1, 0.15) is 15.9 Å². The van der Waals surface area contributed by atoms with Gasteiger partial charge in [0.25, 0.3) is 5.91 Å². The summed E-state index contributed by atoms with van der Waals surface area (Å²) in [4.78, 5) is 37.2. The summed E-state index contributed by atoms with van der Waals surface area (Å²) < 4.78 is 31.5. The van der Waals surface area contributed by atoms with Crippen LogP contribution in [-0.4, -0.2) is 30.1 Å². The lowest BCUT2D eigenvalue weighted by atomic mass is 10.2. The second-order valence-corrected chi connectivity index (χ2v) is 7.83. The first-order chi connectivity index (χ1) is 16.3. The third-order valence-corrected chi connectivity index (χ3v) is 5.30. The molecule has 3 aromatic rings. The van der Waals surface area contributed by atoms with Gasteiger partial charge in [0.15, 0.2) is 6.61 Å². The third kappa shape index (κ3) is 7.15. The molecule has 3 rings (SSSR count). The van der Waals surface area contributed by atoms with Crippen LogP contribution in [0.5, 0.6) is 0 Å². The standard InChI is InChI=1S/C24H17F2N3O4S/c25-16-9-17(26)11-19(10-16)29-22(30)13-33-24(32)20-6-1-2-7-21(20)34-14-23(31)28-18-5-3-4-15(8-18)12-27/h1-11H,13-14H2,(H,28,31)(H,29,30). The van der Waals surface area contributed by atoms with E-state index >= 15 is 0 Å². The summed E-state index contributed by atoms with van der Waals surface area (Å²) in [5.41, 5.74) is 0.920. The van der Waals surface area contributed by atoms with E-state index in [1.54, 1.807) is 36.4 Å². The van der Waals surface area contributed by atoms with Crippen LogP contribution in [0.25, 0.3) is 0 Å². The Hall–Kier alpha value is -4.23. The zero-order chi connectivity index (χ0) is 24.5. The molecule has 0 unspecified atom stereocenters. The first kappa shape index (κ1) is 24.4. The quantitative estimate of drug-likeness (QED) is 0.366. The van der Waals surface area contributed by atoms with Crippen LogP contribution in [0.15, 0.2) is 71.6 Å². The van der Waals surface area contributed by atoms with E-state index in [0.29, 0.717) is 22.2 Å². The Balaban J connectivity index is 1.55. The largest absolute Gasteiger partial charge is 0.452 e. The number of hydrogen-bond acceptors (Lipinski definition) is 6. The SMILES string of the molecule is N#Cc1cccc(NC(=O)CSc2ccccc2C(=O)OCC(=O)Nc2cc(F)cc(F)c2)c1. The number of esters is 1. The summed E-state index contributed by atoms with van der Waals surface area (Å²) >= 11 is 1.09. The number of hydrogen-bond donors (Lipinski definition) is 2. The number of nitrogens with one attached hydrogen (secondary N) is 2. The van der Waals surface area contributed by atoms with E-state index < -0.39 is 30.1 Å². The highest BCUT2D eigenvalue weighted by Crippen LogP contribution is 2.24. The molecular formula is C24H17F2N3O4S. The Bertz CT molecular complexity index is 1260. The summed E-state index contributed by atoms with van der Waals surface area (Å²) in [6.07, 6.45) is 0. The average Bonchev–Trinajstić information content (AvgIpc) is 2.81. The number of amides is 2. The van der Waals surface area contributed by atoms with Crippen molar-refractivity contribution in [2.45, 2.75) is 4.90 Å². The number of rotatable bonds is 8. The van der Waals surface area contributed by atoms with Crippen molar-refractivity contribution in [1.82, 2.24) is 0 Å². The van der Waals surface area contributed by atoms with Crippen molar-refractivity contribution >= 4 is 40.9 Å². The molecule has 2 amide bonds. The molecule has 7 nitrogen and oxygen atoms in total. The van der Waals surface area contributed by atoms with E-state index in [4.69, 9.17) is 10.00 Å². The molecule has 34 heavy (non-hydrogen) atoms. The summed E-state index contributed by atoms with van der Waals surface area (Å²) in [5.74, 6) is -3.66. The van der Waals surface area contributed by atoms with Gasteiger partial charge in [0, 0.05) is 22.3 Å². The fourth-order valence-corrected chi connectivity index (χ4v) is 3.64. The molecule has 10 heteroatoms. The maximum Gasteiger partial charge on any atom is 0.339 e. The van der Waals surface area contributed by atoms with Gasteiger partial charge in [-0.3, -0.25) is 9.59 Å². The van der Waals surface area contributed by atoms with E-state index in [0.717, 1.165) is 23.9 Å². The molecule has 0 fully saturated rings. The van der Waals surface area contributed by atoms with Gasteiger partial charge in [-0.25, -0.2) is 13.6 Å². The van der Waals surface area contributed by atoms with Crippen LogP contribution in [0.2, 0.25) is 0 Å². The molecule has 0 radical (unpaired) electrons. The topological polar surface area (TPSA) is 108 Å². The van der Waals surface area contributed by atoms with Crippen molar-refractivity contribution in [2.75, 3.05) is 23.0 Å². The molecule has 0 bridgehead atoms. The van der Waals surface area contributed by atoms with Crippen molar-refractivity contribution in [3.05, 3.63) is 89.5 Å². The Morgan fingerprint density at radius 3 is 2.32 bits per heavy atom. The lowest BCUT2D eigenvalue weighted by Gasteiger charge is -2.10. The second kappa shape index (κ2) is 11.6. The van der Waals surface area contributed by atoms with Crippen LogP contribution in [-0.2, 0) is 14.3 Å². The molecule has 0 saturated carbocycles. The Labute approximate surface area is 197 Å². The van der Waals surface area contributed by atoms with Gasteiger partial charge in [0.2, 0.25) is 5.91 Å². The average molecular weight is 481 g/mol. The summed E-state index contributed by atoms with van der Waals surface area (Å²) in [5, 5.41) is 13.9. The Kier molecular flexibility index (Phi) is 8.32. The fourth-order valence-electron chi connectivity index (χ4n) is 2.80. The maximum absolute atomic E-state index is 13.2. The van der Waals surface area contributed by atoms with Gasteiger partial charge in [-0.2, -0.15) is 5.26 Å². The second-order valence-electron chi connectivity index (χ2n) is 6.81. The minimum absolute atomic E-state index is 0.0211. The highest BCUT2D eigenvalue weighted by atomic mass is 32.2. The van der Waals surface area contributed by atoms with Gasteiger partial charge in [-0.1, -0.05) is 18.2 Å². The molecule has 0 heterocycles. The molecule has 0 atom stereocenters. The summed E-state index contributed by atoms with van der Waals surface area (Å²) in [6.45, 7) is -0.675. The van der Waals surface area contributed by atoms with E-state index in [1.165, 1.54) is 12.1 Å². The van der Waals surface area contributed by atoms with Gasteiger partial charge in [0.1, 0.15) is 11.6 Å². The molecule has 2 N–H and O–H groups in total. The van der Waals surface area contributed by atoms with Gasteiger partial charge >= 0.3 is 5.97 Å². The normalized spacial score (nSPS) is 10.1. The van der Waals surface area contributed by atoms with Crippen LogP contribution < -0.4 is 10.6 Å². The highest BCUT2D eigenvalue weighted by Gasteiger charge is 2.16. The van der Waals surface area contributed by atoms with E-state index in [1.807, 2.05) is 6.07 Å². The number of thioether (sulfide) groups is 1. The molecule has 0 aliphatic carbocycles. The minimum Gasteiger partial charge on any atom is -0.452 e. The number of carbonyl (C=O) groups is 3. The monoisotopic (exact) mass is 481 g/mol. The molecule has 0 aliphatic heterocycles. The minimum atomic E-state index is -0.861. The number of ether oxygens (including phenoxy) is 1. The number of nitrogens with zero attached hydrogens (tertiary/aromatic N) is 1. The lowest BCUT2D eigenvalue weighted by molar-refractivity contribution is -0.119. The van der Waals surface area contributed by atoms with Crippen molar-refractivity contribution in [1.29, 1.82) is 5.26 Å². The van der Waals surface area contributed by atoms with Gasteiger partial charge in [0.05, 0.1) is 22.9 Å². The number of anilines is 2. The number of nitriles is 1. The van der Waals surface area contributed by atoms with E-state index in [9.17, 15) is 23.2 Å². The van der Waals surface area contributed by atoms with Crippen LogP contribution in [0, 0.1) is 23.0 Å². The molecule has 0 spiro atoms. The zero-order valence-corrected chi connectivity index (χ0v) is 18.3. The van der Waals surface area contributed by atoms with Gasteiger partial charge in [-0.05, 0) is 42.5 Å². The van der Waals surface area contributed by atoms with Gasteiger partial charge in [-0.15, -0.1) is 11.8 Å². The smallest absolute Gasteiger partial charge is 0.339 e. The van der Waals surface area contributed by atoms with E-state index in [2.05, 4.69) is 10.6 Å². The Morgan fingerprint density at radius 2 is 1.59 bits per heavy atom. The van der Waals surface area contributed by atoms with Gasteiger partial charge < -0.3 is 15.4 Å². The lowest BCUT2D eigenvalue weighted by Crippen LogP contribution is -2.21. The van der Waals surface area contributed by atoms with Crippen molar-refractivity contribution < 1.29 is 27.9 Å². The van der Waals surface area contributed by atoms with E-state index in [-0.39, 0.29) is 22.9 Å². The maximum atomic E-state index is 13.2. The zero-order valence-electron chi connectivity index (χ0n) is 17.5. The number of halogens is 2. The fraction of sp³-hybridized carbons (Fsp3) is 0.0833. The van der Waals surface area contributed by atoms with Crippen LogP contribution in [0.3, 0.4) is 0 Å². The number of benzene rings is 3. The predicted octanol–water partition coefficient (Wildman–Crippen LogP) is 4.36. The number of carbonyl (C=O) groups excluding carboxylic acids is 3. The van der Waals surface area contributed by atoms with Crippen LogP contribution >= 0.6 is 11.8 Å². The molecule has 0 aromatic heterocycles. The first-order valence-electron chi connectivity index (χ1n) is 9.79. The molecule has 172 valence electrons. The molecular weight excluding hydrogens is 464 g/mol. The predicted molar refractivity (Wildman–Crippen MR) is 122 cm³/mol. The van der Waals surface area contributed by atoms with Crippen LogP contribution in [0.4, 0.5) is 20.2 Å². The highest BCUT2D eigenvalue weighted by molar-refractivity contribution is 8.00. The van der Waals surface area contributed by atoms with Crippen molar-refractivity contribution in [2.24, 2.45) is 0 Å². The van der Waals surface area contributed by atoms with Crippen molar-refractivity contribution in [3.8, 4) is 6.07 Å².